The van der Waals surface area contributed by atoms with E-state index in [9.17, 15) is 0 Å². The van der Waals surface area contributed by atoms with Gasteiger partial charge >= 0.3 is 0 Å². The number of aryl methyl sites for hydroxylation is 1. The number of ether oxygens (including phenoxy) is 1. The van der Waals surface area contributed by atoms with Crippen molar-refractivity contribution in [2.45, 2.75) is 27.3 Å². The Morgan fingerprint density at radius 2 is 2.17 bits per heavy atom. The summed E-state index contributed by atoms with van der Waals surface area (Å²) in [5, 5.41) is 3.31. The van der Waals surface area contributed by atoms with Gasteiger partial charge in [0.2, 0.25) is 0 Å². The van der Waals surface area contributed by atoms with Crippen molar-refractivity contribution in [1.82, 2.24) is 10.3 Å². The average molecular weight is 251 g/mol. The van der Waals surface area contributed by atoms with Crippen molar-refractivity contribution in [2.75, 3.05) is 38.3 Å². The SMILES string of the molecule is CCNCc1cnc(N(C)CCOCC)c(C)c1. The molecule has 0 aliphatic carbocycles. The summed E-state index contributed by atoms with van der Waals surface area (Å²) in [6.45, 7) is 10.5. The van der Waals surface area contributed by atoms with Crippen molar-refractivity contribution in [3.63, 3.8) is 0 Å². The summed E-state index contributed by atoms with van der Waals surface area (Å²) in [6.07, 6.45) is 1.95. The molecule has 0 unspecified atom stereocenters. The van der Waals surface area contributed by atoms with Crippen molar-refractivity contribution in [3.8, 4) is 0 Å². The summed E-state index contributed by atoms with van der Waals surface area (Å²) in [5.74, 6) is 1.04. The smallest absolute Gasteiger partial charge is 0.131 e. The Morgan fingerprint density at radius 1 is 1.39 bits per heavy atom. The molecule has 1 heterocycles. The van der Waals surface area contributed by atoms with Gasteiger partial charge in [0.1, 0.15) is 5.82 Å². The Hall–Kier alpha value is -1.13. The molecule has 0 bridgehead atoms. The molecule has 0 radical (unpaired) electrons. The second-order valence-electron chi connectivity index (χ2n) is 4.38. The molecule has 102 valence electrons. The Kier molecular flexibility index (Phi) is 6.68. The Balaban J connectivity index is 2.60. The van der Waals surface area contributed by atoms with Crippen LogP contribution in [0.1, 0.15) is 25.0 Å². The lowest BCUT2D eigenvalue weighted by molar-refractivity contribution is 0.154. The van der Waals surface area contributed by atoms with Gasteiger partial charge in [-0.05, 0) is 37.6 Å². The Morgan fingerprint density at radius 3 is 2.78 bits per heavy atom. The van der Waals surface area contributed by atoms with Crippen LogP contribution in [-0.4, -0.2) is 38.3 Å². The van der Waals surface area contributed by atoms with Gasteiger partial charge < -0.3 is 15.0 Å². The molecule has 1 rings (SSSR count). The highest BCUT2D eigenvalue weighted by atomic mass is 16.5. The molecule has 0 fully saturated rings. The molecule has 1 N–H and O–H groups in total. The van der Waals surface area contributed by atoms with E-state index < -0.39 is 0 Å². The summed E-state index contributed by atoms with van der Waals surface area (Å²) in [5.41, 5.74) is 2.45. The van der Waals surface area contributed by atoms with E-state index in [4.69, 9.17) is 4.74 Å². The molecular weight excluding hydrogens is 226 g/mol. The van der Waals surface area contributed by atoms with Gasteiger partial charge in [-0.1, -0.05) is 6.92 Å². The topological polar surface area (TPSA) is 37.4 Å². The van der Waals surface area contributed by atoms with Crippen LogP contribution in [0.25, 0.3) is 0 Å². The number of likely N-dealkylation sites (N-methyl/N-ethyl adjacent to an activating group) is 1. The number of aromatic nitrogens is 1. The third-order valence-corrected chi connectivity index (χ3v) is 2.82. The predicted molar refractivity (Wildman–Crippen MR) is 76.1 cm³/mol. The van der Waals surface area contributed by atoms with Crippen molar-refractivity contribution in [1.29, 1.82) is 0 Å². The van der Waals surface area contributed by atoms with Crippen LogP contribution in [-0.2, 0) is 11.3 Å². The van der Waals surface area contributed by atoms with Crippen LogP contribution < -0.4 is 10.2 Å². The number of nitrogens with zero attached hydrogens (tertiary/aromatic N) is 2. The first-order valence-electron chi connectivity index (χ1n) is 6.64. The third kappa shape index (κ3) is 4.63. The van der Waals surface area contributed by atoms with Crippen LogP contribution in [0.3, 0.4) is 0 Å². The van der Waals surface area contributed by atoms with E-state index in [0.29, 0.717) is 0 Å². The van der Waals surface area contributed by atoms with E-state index in [2.05, 4.69) is 42.2 Å². The van der Waals surface area contributed by atoms with Crippen LogP contribution in [0.15, 0.2) is 12.3 Å². The molecule has 0 spiro atoms. The average Bonchev–Trinajstić information content (AvgIpc) is 2.36. The van der Waals surface area contributed by atoms with E-state index in [-0.39, 0.29) is 0 Å². The molecular formula is C14H25N3O. The summed E-state index contributed by atoms with van der Waals surface area (Å²) in [7, 11) is 2.05. The van der Waals surface area contributed by atoms with Gasteiger partial charge in [0, 0.05) is 32.9 Å². The quantitative estimate of drug-likeness (QED) is 0.717. The lowest BCUT2D eigenvalue weighted by Crippen LogP contribution is -2.24. The molecule has 1 aromatic heterocycles. The van der Waals surface area contributed by atoms with Crippen molar-refractivity contribution >= 4 is 5.82 Å². The van der Waals surface area contributed by atoms with Crippen molar-refractivity contribution < 1.29 is 4.74 Å². The maximum Gasteiger partial charge on any atom is 0.131 e. The maximum atomic E-state index is 5.36. The zero-order valence-electron chi connectivity index (χ0n) is 12.0. The standard InChI is InChI=1S/C14H25N3O/c1-5-15-10-13-9-12(3)14(16-11-13)17(4)7-8-18-6-2/h9,11,15H,5-8,10H2,1-4H3. The molecule has 0 aromatic carbocycles. The zero-order valence-corrected chi connectivity index (χ0v) is 12.0. The fraction of sp³-hybridized carbons (Fsp3) is 0.643. The summed E-state index contributed by atoms with van der Waals surface area (Å²) in [6, 6.07) is 2.20. The van der Waals surface area contributed by atoms with E-state index in [1.54, 1.807) is 0 Å². The zero-order chi connectivity index (χ0) is 13.4. The second-order valence-corrected chi connectivity index (χ2v) is 4.38. The van der Waals surface area contributed by atoms with Gasteiger partial charge in [-0.25, -0.2) is 4.98 Å². The lowest BCUT2D eigenvalue weighted by Gasteiger charge is -2.20. The number of hydrogen-bond donors (Lipinski definition) is 1. The van der Waals surface area contributed by atoms with Crippen molar-refractivity contribution in [3.05, 3.63) is 23.4 Å². The summed E-state index contributed by atoms with van der Waals surface area (Å²) < 4.78 is 5.36. The highest BCUT2D eigenvalue weighted by Gasteiger charge is 2.06. The molecule has 4 heteroatoms. The third-order valence-electron chi connectivity index (χ3n) is 2.82. The van der Waals surface area contributed by atoms with Gasteiger partial charge in [0.05, 0.1) is 6.61 Å². The number of hydrogen-bond acceptors (Lipinski definition) is 4. The van der Waals surface area contributed by atoms with Crippen LogP contribution in [0.5, 0.6) is 0 Å². The minimum Gasteiger partial charge on any atom is -0.380 e. The minimum absolute atomic E-state index is 0.743. The normalized spacial score (nSPS) is 10.7. The second kappa shape index (κ2) is 8.06. The van der Waals surface area contributed by atoms with E-state index in [1.807, 2.05) is 13.1 Å². The monoisotopic (exact) mass is 251 g/mol. The van der Waals surface area contributed by atoms with Crippen molar-refractivity contribution in [2.24, 2.45) is 0 Å². The van der Waals surface area contributed by atoms with E-state index >= 15 is 0 Å². The molecule has 0 atom stereocenters. The maximum absolute atomic E-state index is 5.36. The fourth-order valence-electron chi connectivity index (χ4n) is 1.84. The van der Waals surface area contributed by atoms with E-state index in [1.165, 1.54) is 11.1 Å². The molecule has 0 aliphatic heterocycles. The lowest BCUT2D eigenvalue weighted by atomic mass is 10.2. The summed E-state index contributed by atoms with van der Waals surface area (Å²) in [4.78, 5) is 6.68. The number of nitrogens with one attached hydrogen (secondary N) is 1. The first-order chi connectivity index (χ1) is 8.69. The molecule has 0 saturated heterocycles. The van der Waals surface area contributed by atoms with Crippen LogP contribution in [0.2, 0.25) is 0 Å². The highest BCUT2D eigenvalue weighted by molar-refractivity contribution is 5.46. The Labute approximate surface area is 110 Å². The number of rotatable bonds is 8. The molecule has 1 aromatic rings. The Bertz CT molecular complexity index is 355. The molecule has 0 amide bonds. The van der Waals surface area contributed by atoms with Crippen LogP contribution in [0, 0.1) is 6.92 Å². The molecule has 18 heavy (non-hydrogen) atoms. The predicted octanol–water partition coefficient (Wildman–Crippen LogP) is 1.97. The summed E-state index contributed by atoms with van der Waals surface area (Å²) >= 11 is 0. The van der Waals surface area contributed by atoms with Gasteiger partial charge in [-0.3, -0.25) is 0 Å². The first kappa shape index (κ1) is 14.9. The number of pyridine rings is 1. The molecule has 0 saturated carbocycles. The highest BCUT2D eigenvalue weighted by Crippen LogP contribution is 2.16. The van der Waals surface area contributed by atoms with Crippen LogP contribution >= 0.6 is 0 Å². The molecule has 0 aliphatic rings. The van der Waals surface area contributed by atoms with E-state index in [0.717, 1.165) is 38.7 Å². The van der Waals surface area contributed by atoms with Gasteiger partial charge in [0.25, 0.3) is 0 Å². The molecule has 4 nitrogen and oxygen atoms in total. The van der Waals surface area contributed by atoms with Gasteiger partial charge in [-0.15, -0.1) is 0 Å². The van der Waals surface area contributed by atoms with Crippen LogP contribution in [0.4, 0.5) is 5.82 Å². The minimum atomic E-state index is 0.743. The fourth-order valence-corrected chi connectivity index (χ4v) is 1.84. The largest absolute Gasteiger partial charge is 0.380 e. The number of anilines is 1. The van der Waals surface area contributed by atoms with Gasteiger partial charge in [-0.2, -0.15) is 0 Å². The first-order valence-corrected chi connectivity index (χ1v) is 6.64. The van der Waals surface area contributed by atoms with Gasteiger partial charge in [0.15, 0.2) is 0 Å².